The first-order valence-electron chi connectivity index (χ1n) is 9.71. The summed E-state index contributed by atoms with van der Waals surface area (Å²) >= 11 is 0. The minimum Gasteiger partial charge on any atom is -0.130 e. The second kappa shape index (κ2) is 10.5. The summed E-state index contributed by atoms with van der Waals surface area (Å²) in [5.74, 6) is 5.19. The van der Waals surface area contributed by atoms with Crippen molar-refractivity contribution in [3.05, 3.63) is 0 Å². The van der Waals surface area contributed by atoms with E-state index in [9.17, 15) is 0 Å². The summed E-state index contributed by atoms with van der Waals surface area (Å²) < 4.78 is 0. The van der Waals surface area contributed by atoms with Crippen molar-refractivity contribution < 1.29 is 0 Å². The third-order valence-electron chi connectivity index (χ3n) is 5.27. The highest BCUT2D eigenvalue weighted by molar-refractivity contribution is 6.90. The molecule has 0 heterocycles. The second-order valence-electron chi connectivity index (χ2n) is 8.49. The summed E-state index contributed by atoms with van der Waals surface area (Å²) in [6, 6.07) is 0. The van der Waals surface area contributed by atoms with E-state index in [4.69, 9.17) is 0 Å². The Kier molecular flexibility index (Phi) is 10.4. The van der Waals surface area contributed by atoms with Gasteiger partial charge in [0.25, 0.3) is 0 Å². The van der Waals surface area contributed by atoms with Gasteiger partial charge in [-0.25, -0.2) is 0 Å². The molecule has 0 aliphatic rings. The summed E-state index contributed by atoms with van der Waals surface area (Å²) in [6.45, 7) is 21.4. The van der Waals surface area contributed by atoms with Crippen LogP contribution in [0.4, 0.5) is 0 Å². The van der Waals surface area contributed by atoms with Gasteiger partial charge in [-0.05, 0) is 35.4 Å². The molecule has 0 aliphatic carbocycles. The van der Waals surface area contributed by atoms with Crippen LogP contribution in [0.25, 0.3) is 0 Å². The molecule has 1 heteroatoms. The van der Waals surface area contributed by atoms with Gasteiger partial charge in [0.15, 0.2) is 0 Å². The van der Waals surface area contributed by atoms with Gasteiger partial charge in [0.1, 0.15) is 8.07 Å². The largest absolute Gasteiger partial charge is 0.145 e. The lowest BCUT2D eigenvalue weighted by molar-refractivity contribution is 0.446. The summed E-state index contributed by atoms with van der Waals surface area (Å²) in [6.07, 6.45) is 6.59. The lowest BCUT2D eigenvalue weighted by Crippen LogP contribution is -2.43. The molecule has 0 bridgehead atoms. The highest BCUT2D eigenvalue weighted by atomic mass is 28.3. The molecule has 0 nitrogen and oxygen atoms in total. The molecule has 1 atom stereocenters. The van der Waals surface area contributed by atoms with Crippen molar-refractivity contribution in [3.8, 4) is 11.5 Å². The van der Waals surface area contributed by atoms with Gasteiger partial charge in [-0.3, -0.25) is 0 Å². The summed E-state index contributed by atoms with van der Waals surface area (Å²) in [5, 5.41) is 0. The van der Waals surface area contributed by atoms with E-state index in [-0.39, 0.29) is 0 Å². The molecule has 0 aromatic heterocycles. The van der Waals surface area contributed by atoms with Crippen LogP contribution in [0.3, 0.4) is 0 Å². The Labute approximate surface area is 142 Å². The van der Waals surface area contributed by atoms with Crippen molar-refractivity contribution in [2.75, 3.05) is 0 Å². The van der Waals surface area contributed by atoms with E-state index in [0.717, 1.165) is 22.5 Å². The van der Waals surface area contributed by atoms with Crippen molar-refractivity contribution in [2.45, 2.75) is 111 Å². The fourth-order valence-corrected chi connectivity index (χ4v) is 9.44. The van der Waals surface area contributed by atoms with E-state index in [1.807, 2.05) is 0 Å². The van der Waals surface area contributed by atoms with Crippen LogP contribution in [-0.2, 0) is 0 Å². The molecule has 0 aromatic rings. The van der Waals surface area contributed by atoms with Gasteiger partial charge in [0.05, 0.1) is 0 Å². The lowest BCUT2D eigenvalue weighted by Gasteiger charge is -2.38. The quantitative estimate of drug-likeness (QED) is 0.235. The molecule has 0 saturated carbocycles. The molecule has 0 rings (SSSR count). The third kappa shape index (κ3) is 6.49. The topological polar surface area (TPSA) is 0 Å². The van der Waals surface area contributed by atoms with Crippen LogP contribution in [0, 0.1) is 23.3 Å². The molecule has 0 spiro atoms. The fourth-order valence-electron chi connectivity index (χ4n) is 4.12. The number of rotatable bonds is 9. The van der Waals surface area contributed by atoms with Gasteiger partial charge in [-0.2, -0.15) is 0 Å². The SMILES string of the molecule is CCCCCC(C#C[Si](C(C)C)(C(C)C)C(C)C)CC(C)C. The fraction of sp³-hybridized carbons (Fsp3) is 0.905. The molecule has 0 aromatic carbocycles. The Morgan fingerprint density at radius 3 is 1.64 bits per heavy atom. The smallest absolute Gasteiger partial charge is 0.130 e. The van der Waals surface area contributed by atoms with Crippen molar-refractivity contribution in [1.82, 2.24) is 0 Å². The maximum atomic E-state index is 3.95. The summed E-state index contributed by atoms with van der Waals surface area (Å²) in [7, 11) is -1.55. The predicted molar refractivity (Wildman–Crippen MR) is 106 cm³/mol. The van der Waals surface area contributed by atoms with E-state index in [0.29, 0.717) is 5.92 Å². The van der Waals surface area contributed by atoms with Gasteiger partial charge in [0.2, 0.25) is 0 Å². The first-order valence-corrected chi connectivity index (χ1v) is 11.9. The van der Waals surface area contributed by atoms with Crippen LogP contribution in [0.1, 0.15) is 94.4 Å². The van der Waals surface area contributed by atoms with E-state index >= 15 is 0 Å². The van der Waals surface area contributed by atoms with E-state index < -0.39 is 8.07 Å². The Hall–Kier alpha value is -0.223. The average Bonchev–Trinajstić information content (AvgIpc) is 2.37. The average molecular weight is 323 g/mol. The van der Waals surface area contributed by atoms with E-state index in [1.54, 1.807) is 0 Å². The van der Waals surface area contributed by atoms with Crippen molar-refractivity contribution in [3.63, 3.8) is 0 Å². The molecule has 0 amide bonds. The van der Waals surface area contributed by atoms with Crippen LogP contribution in [0.5, 0.6) is 0 Å². The molecule has 130 valence electrons. The predicted octanol–water partition coefficient (Wildman–Crippen LogP) is 7.45. The van der Waals surface area contributed by atoms with E-state index in [2.05, 4.69) is 73.8 Å². The van der Waals surface area contributed by atoms with Crippen molar-refractivity contribution in [2.24, 2.45) is 11.8 Å². The molecule has 0 saturated heterocycles. The Morgan fingerprint density at radius 2 is 1.27 bits per heavy atom. The molecule has 0 fully saturated rings. The Bertz CT molecular complexity index is 319. The number of unbranched alkanes of at least 4 members (excludes halogenated alkanes) is 2. The normalized spacial score (nSPS) is 13.9. The maximum absolute atomic E-state index is 3.95. The first kappa shape index (κ1) is 21.8. The van der Waals surface area contributed by atoms with Crippen LogP contribution in [-0.4, -0.2) is 8.07 Å². The van der Waals surface area contributed by atoms with Gasteiger partial charge < -0.3 is 0 Å². The van der Waals surface area contributed by atoms with Gasteiger partial charge in [-0.1, -0.05) is 81.6 Å². The minimum atomic E-state index is -1.55. The first-order chi connectivity index (χ1) is 10.2. The highest BCUT2D eigenvalue weighted by Gasteiger charge is 2.41. The summed E-state index contributed by atoms with van der Waals surface area (Å²) in [4.78, 5) is 0. The molecular weight excluding hydrogens is 280 g/mol. The van der Waals surface area contributed by atoms with Crippen LogP contribution in [0.15, 0.2) is 0 Å². The second-order valence-corrected chi connectivity index (χ2v) is 14.1. The minimum absolute atomic E-state index is 0.620. The van der Waals surface area contributed by atoms with Crippen LogP contribution < -0.4 is 0 Å². The number of hydrogen-bond donors (Lipinski definition) is 0. The van der Waals surface area contributed by atoms with Crippen molar-refractivity contribution >= 4 is 8.07 Å². The van der Waals surface area contributed by atoms with Gasteiger partial charge in [-0.15, -0.1) is 11.5 Å². The van der Waals surface area contributed by atoms with Crippen LogP contribution >= 0.6 is 0 Å². The van der Waals surface area contributed by atoms with Gasteiger partial charge >= 0.3 is 0 Å². The van der Waals surface area contributed by atoms with E-state index in [1.165, 1.54) is 32.1 Å². The summed E-state index contributed by atoms with van der Waals surface area (Å²) in [5.41, 5.74) is 6.19. The van der Waals surface area contributed by atoms with Gasteiger partial charge in [0, 0.05) is 5.92 Å². The standard InChI is InChI=1S/C21H42Si/c1-10-11-12-13-21(16-17(2)3)14-15-22(18(4)5,19(6)7)20(8)9/h17-21H,10-13,16H2,1-9H3. The molecule has 22 heavy (non-hydrogen) atoms. The Balaban J connectivity index is 5.31. The zero-order valence-electron chi connectivity index (χ0n) is 16.9. The zero-order chi connectivity index (χ0) is 17.3. The van der Waals surface area contributed by atoms with Crippen LogP contribution in [0.2, 0.25) is 16.6 Å². The molecular formula is C21H42Si. The molecule has 1 unspecified atom stereocenters. The monoisotopic (exact) mass is 322 g/mol. The molecule has 0 N–H and O–H groups in total. The van der Waals surface area contributed by atoms with Crippen molar-refractivity contribution in [1.29, 1.82) is 0 Å². The maximum Gasteiger partial charge on any atom is 0.145 e. The lowest BCUT2D eigenvalue weighted by atomic mass is 9.93. The Morgan fingerprint density at radius 1 is 0.773 bits per heavy atom. The zero-order valence-corrected chi connectivity index (χ0v) is 17.9. The molecule has 0 radical (unpaired) electrons. The third-order valence-corrected chi connectivity index (χ3v) is 11.6. The number of hydrogen-bond acceptors (Lipinski definition) is 0. The highest BCUT2D eigenvalue weighted by Crippen LogP contribution is 2.41. The molecule has 0 aliphatic heterocycles.